The Kier molecular flexibility index (Phi) is 2.80. The number of nitrogens with zero attached hydrogens (tertiary/aromatic N) is 1. The summed E-state index contributed by atoms with van der Waals surface area (Å²) in [4.78, 5) is 0. The molecule has 0 fully saturated rings. The van der Waals surface area contributed by atoms with Crippen LogP contribution in [0.4, 0.5) is 0 Å². The zero-order valence-electron chi connectivity index (χ0n) is 5.89. The summed E-state index contributed by atoms with van der Waals surface area (Å²) in [6, 6.07) is 7.90. The first kappa shape index (κ1) is 8.71. The Labute approximate surface area is 71.9 Å². The Morgan fingerprint density at radius 2 is 2.17 bits per heavy atom. The van der Waals surface area contributed by atoms with Crippen LogP contribution in [0.15, 0.2) is 24.3 Å². The topological polar surface area (TPSA) is 73.1 Å². The molecule has 0 bridgehead atoms. The lowest BCUT2D eigenvalue weighted by Gasteiger charge is -2.07. The summed E-state index contributed by atoms with van der Waals surface area (Å²) in [5.74, 6) is 0.0494. The number of nitriles is 1. The van der Waals surface area contributed by atoms with Crippen LogP contribution < -0.4 is 4.18 Å². The molecule has 0 aromatic heterocycles. The van der Waals surface area contributed by atoms with Crippen LogP contribution in [0.1, 0.15) is 5.56 Å². The van der Waals surface area contributed by atoms with Gasteiger partial charge in [0.05, 0.1) is 5.56 Å². The van der Waals surface area contributed by atoms with Gasteiger partial charge in [-0.2, -0.15) is 5.26 Å². The maximum atomic E-state index is 10.1. The van der Waals surface area contributed by atoms with E-state index < -0.39 is 11.4 Å². The number of para-hydroxylation sites is 1. The standard InChI is InChI=1S/C7H5NO3S/c8-5-6-3-1-2-4-7(6)11-12(9)10/h1-4H,(H,9,10)/p-1. The van der Waals surface area contributed by atoms with Crippen molar-refractivity contribution in [1.82, 2.24) is 0 Å². The van der Waals surface area contributed by atoms with Crippen LogP contribution in [0.5, 0.6) is 5.75 Å². The molecule has 12 heavy (non-hydrogen) atoms. The normalized spacial score (nSPS) is 11.7. The van der Waals surface area contributed by atoms with Gasteiger partial charge in [0.25, 0.3) is 0 Å². The number of rotatable bonds is 2. The molecule has 4 nitrogen and oxygen atoms in total. The fourth-order valence-electron chi connectivity index (χ4n) is 0.705. The van der Waals surface area contributed by atoms with Crippen LogP contribution in [0.3, 0.4) is 0 Å². The molecule has 0 aliphatic carbocycles. The molecule has 62 valence electrons. The number of hydrogen-bond donors (Lipinski definition) is 0. The molecule has 1 aromatic carbocycles. The van der Waals surface area contributed by atoms with E-state index in [4.69, 9.17) is 5.26 Å². The highest BCUT2D eigenvalue weighted by molar-refractivity contribution is 7.74. The molecule has 5 heteroatoms. The second-order valence-corrected chi connectivity index (χ2v) is 2.47. The first-order valence-corrected chi connectivity index (χ1v) is 4.01. The zero-order valence-corrected chi connectivity index (χ0v) is 6.71. The molecule has 1 rings (SSSR count). The van der Waals surface area contributed by atoms with Gasteiger partial charge in [-0.3, -0.25) is 0 Å². The fourth-order valence-corrected chi connectivity index (χ4v) is 0.997. The molecule has 0 aliphatic rings. The summed E-state index contributed by atoms with van der Waals surface area (Å²) in [5.41, 5.74) is 0.196. The predicted molar refractivity (Wildman–Crippen MR) is 40.7 cm³/mol. The van der Waals surface area contributed by atoms with Gasteiger partial charge in [-0.15, -0.1) is 0 Å². The van der Waals surface area contributed by atoms with Crippen molar-refractivity contribution in [2.75, 3.05) is 0 Å². The van der Waals surface area contributed by atoms with Gasteiger partial charge < -0.3 is 8.74 Å². The van der Waals surface area contributed by atoms with Gasteiger partial charge in [0.15, 0.2) is 5.75 Å². The third-order valence-electron chi connectivity index (χ3n) is 1.17. The van der Waals surface area contributed by atoms with Crippen molar-refractivity contribution in [2.24, 2.45) is 0 Å². The van der Waals surface area contributed by atoms with Gasteiger partial charge in [-0.05, 0) is 12.1 Å². The molecule has 0 aliphatic heterocycles. The number of hydrogen-bond acceptors (Lipinski definition) is 4. The fraction of sp³-hybridized carbons (Fsp3) is 0. The van der Waals surface area contributed by atoms with Crippen molar-refractivity contribution in [1.29, 1.82) is 5.26 Å². The van der Waals surface area contributed by atoms with Crippen molar-refractivity contribution in [2.45, 2.75) is 0 Å². The lowest BCUT2D eigenvalue weighted by atomic mass is 10.2. The second-order valence-electron chi connectivity index (χ2n) is 1.90. The zero-order chi connectivity index (χ0) is 8.97. The highest BCUT2D eigenvalue weighted by Gasteiger charge is 2.00. The molecule has 0 saturated carbocycles. The van der Waals surface area contributed by atoms with E-state index in [0.717, 1.165) is 0 Å². The van der Waals surface area contributed by atoms with Crippen molar-refractivity contribution in [3.63, 3.8) is 0 Å². The van der Waals surface area contributed by atoms with Crippen molar-refractivity contribution < 1.29 is 12.9 Å². The first-order chi connectivity index (χ1) is 5.74. The molecule has 0 N–H and O–H groups in total. The summed E-state index contributed by atoms with van der Waals surface area (Å²) in [7, 11) is 0. The quantitative estimate of drug-likeness (QED) is 0.632. The van der Waals surface area contributed by atoms with E-state index in [9.17, 15) is 8.76 Å². The first-order valence-electron chi connectivity index (χ1n) is 3.01. The third kappa shape index (κ3) is 2.05. The summed E-state index contributed by atoms with van der Waals surface area (Å²) >= 11 is -2.63. The molecule has 0 heterocycles. The van der Waals surface area contributed by atoms with E-state index in [1.54, 1.807) is 18.2 Å². The Hall–Kier alpha value is -1.38. The van der Waals surface area contributed by atoms with Gasteiger partial charge in [-0.25, -0.2) is 4.21 Å². The highest BCUT2D eigenvalue weighted by Crippen LogP contribution is 2.16. The summed E-state index contributed by atoms with van der Waals surface area (Å²) in [6.45, 7) is 0. The molecule has 0 spiro atoms. The van der Waals surface area contributed by atoms with Crippen LogP contribution in [0.2, 0.25) is 0 Å². The van der Waals surface area contributed by atoms with Crippen molar-refractivity contribution in [3.05, 3.63) is 29.8 Å². The van der Waals surface area contributed by atoms with Gasteiger partial charge in [0, 0.05) is 0 Å². The Balaban J connectivity index is 2.99. The summed E-state index contributed by atoms with van der Waals surface area (Å²) in [5, 5.41) is 8.50. The van der Waals surface area contributed by atoms with Crippen LogP contribution in [-0.2, 0) is 11.4 Å². The largest absolute Gasteiger partial charge is 0.740 e. The molecule has 0 saturated heterocycles. The maximum absolute atomic E-state index is 10.1. The maximum Gasteiger partial charge on any atom is 0.156 e. The monoisotopic (exact) mass is 182 g/mol. The molecule has 0 radical (unpaired) electrons. The van der Waals surface area contributed by atoms with E-state index in [2.05, 4.69) is 4.18 Å². The summed E-state index contributed by atoms with van der Waals surface area (Å²) < 4.78 is 24.5. The average Bonchev–Trinajstić information content (AvgIpc) is 2.04. The van der Waals surface area contributed by atoms with E-state index in [1.807, 2.05) is 0 Å². The molecule has 0 amide bonds. The Morgan fingerprint density at radius 1 is 1.50 bits per heavy atom. The second kappa shape index (κ2) is 3.85. The Morgan fingerprint density at radius 3 is 2.75 bits per heavy atom. The lowest BCUT2D eigenvalue weighted by molar-refractivity contribution is 0.440. The smallest absolute Gasteiger partial charge is 0.156 e. The predicted octanol–water partition coefficient (Wildman–Crippen LogP) is 0.731. The minimum Gasteiger partial charge on any atom is -0.740 e. The van der Waals surface area contributed by atoms with E-state index in [-0.39, 0.29) is 11.3 Å². The van der Waals surface area contributed by atoms with E-state index in [1.165, 1.54) is 12.1 Å². The molecule has 1 aromatic rings. The molecule has 1 unspecified atom stereocenters. The van der Waals surface area contributed by atoms with Gasteiger partial charge in [0.1, 0.15) is 17.4 Å². The van der Waals surface area contributed by atoms with E-state index in [0.29, 0.717) is 0 Å². The van der Waals surface area contributed by atoms with Gasteiger partial charge in [-0.1, -0.05) is 12.1 Å². The molecule has 1 atom stereocenters. The third-order valence-corrected chi connectivity index (χ3v) is 1.48. The minimum absolute atomic E-state index is 0.0494. The van der Waals surface area contributed by atoms with Crippen molar-refractivity contribution in [3.8, 4) is 11.8 Å². The minimum atomic E-state index is -2.63. The van der Waals surface area contributed by atoms with Crippen LogP contribution in [-0.4, -0.2) is 8.76 Å². The molecular formula is C7H4NO3S-. The Bertz CT molecular complexity index is 345. The van der Waals surface area contributed by atoms with Crippen LogP contribution in [0.25, 0.3) is 0 Å². The van der Waals surface area contributed by atoms with Gasteiger partial charge in [0.2, 0.25) is 0 Å². The SMILES string of the molecule is N#Cc1ccccc1OS(=O)[O-]. The van der Waals surface area contributed by atoms with E-state index >= 15 is 0 Å². The summed E-state index contributed by atoms with van der Waals surface area (Å²) in [6.07, 6.45) is 0. The molecular weight excluding hydrogens is 178 g/mol. The highest BCUT2D eigenvalue weighted by atomic mass is 32.2. The van der Waals surface area contributed by atoms with Crippen LogP contribution >= 0.6 is 0 Å². The van der Waals surface area contributed by atoms with Gasteiger partial charge >= 0.3 is 0 Å². The van der Waals surface area contributed by atoms with Crippen molar-refractivity contribution >= 4 is 11.4 Å². The average molecular weight is 182 g/mol. The van der Waals surface area contributed by atoms with Crippen LogP contribution in [0, 0.1) is 11.3 Å². The lowest BCUT2D eigenvalue weighted by Crippen LogP contribution is -1.99. The number of benzene rings is 1.